The van der Waals surface area contributed by atoms with Crippen LogP contribution in [0.3, 0.4) is 0 Å². The van der Waals surface area contributed by atoms with E-state index >= 15 is 0 Å². The van der Waals surface area contributed by atoms with Gasteiger partial charge in [-0.05, 0) is 43.7 Å². The standard InChI is InChI=1S/C15H18Cl2O/c16-14-8-4-7-12(15(14)17)10-13(18)9-11-5-2-1-3-6-11/h4-5,7-8,13,18H,1-3,6,9-10H2. The highest BCUT2D eigenvalue weighted by atomic mass is 35.5. The number of rotatable bonds is 4. The van der Waals surface area contributed by atoms with E-state index in [9.17, 15) is 5.11 Å². The van der Waals surface area contributed by atoms with E-state index in [1.807, 2.05) is 12.1 Å². The van der Waals surface area contributed by atoms with Gasteiger partial charge in [-0.15, -0.1) is 0 Å². The molecule has 1 aromatic carbocycles. The molecule has 2 rings (SSSR count). The summed E-state index contributed by atoms with van der Waals surface area (Å²) in [5.74, 6) is 0. The second kappa shape index (κ2) is 6.60. The first kappa shape index (κ1) is 13.9. The van der Waals surface area contributed by atoms with E-state index in [2.05, 4.69) is 6.08 Å². The summed E-state index contributed by atoms with van der Waals surface area (Å²) < 4.78 is 0. The number of aliphatic hydroxyl groups is 1. The fraction of sp³-hybridized carbons (Fsp3) is 0.467. The van der Waals surface area contributed by atoms with E-state index < -0.39 is 0 Å². The molecule has 0 aliphatic heterocycles. The second-order valence-electron chi connectivity index (χ2n) is 4.88. The van der Waals surface area contributed by atoms with Crippen molar-refractivity contribution in [2.45, 2.75) is 44.6 Å². The molecule has 0 saturated heterocycles. The summed E-state index contributed by atoms with van der Waals surface area (Å²) >= 11 is 12.1. The summed E-state index contributed by atoms with van der Waals surface area (Å²) in [6, 6.07) is 5.56. The van der Waals surface area contributed by atoms with Crippen molar-refractivity contribution in [3.63, 3.8) is 0 Å². The molecule has 0 heterocycles. The third-order valence-corrected chi connectivity index (χ3v) is 4.23. The maximum Gasteiger partial charge on any atom is 0.0625 e. The van der Waals surface area contributed by atoms with Gasteiger partial charge in [0.2, 0.25) is 0 Å². The molecule has 0 fully saturated rings. The number of benzene rings is 1. The number of aliphatic hydroxyl groups excluding tert-OH is 1. The maximum atomic E-state index is 10.1. The normalized spacial score (nSPS) is 17.4. The predicted octanol–water partition coefficient (Wildman–Crippen LogP) is 4.79. The van der Waals surface area contributed by atoms with Gasteiger partial charge in [-0.2, -0.15) is 0 Å². The van der Waals surface area contributed by atoms with Crippen molar-refractivity contribution in [1.82, 2.24) is 0 Å². The van der Waals surface area contributed by atoms with Gasteiger partial charge in [-0.1, -0.05) is 47.0 Å². The third-order valence-electron chi connectivity index (χ3n) is 3.37. The Morgan fingerprint density at radius 2 is 2.00 bits per heavy atom. The smallest absolute Gasteiger partial charge is 0.0625 e. The molecule has 98 valence electrons. The van der Waals surface area contributed by atoms with Gasteiger partial charge in [0.15, 0.2) is 0 Å². The topological polar surface area (TPSA) is 20.2 Å². The molecule has 0 bridgehead atoms. The summed E-state index contributed by atoms with van der Waals surface area (Å²) in [7, 11) is 0. The monoisotopic (exact) mass is 284 g/mol. The molecule has 0 aromatic heterocycles. The minimum Gasteiger partial charge on any atom is -0.392 e. The molecular weight excluding hydrogens is 267 g/mol. The molecule has 0 saturated carbocycles. The van der Waals surface area contributed by atoms with Crippen LogP contribution in [-0.2, 0) is 6.42 Å². The van der Waals surface area contributed by atoms with Crippen LogP contribution in [0.2, 0.25) is 10.0 Å². The average molecular weight is 285 g/mol. The highest BCUT2D eigenvalue weighted by Gasteiger charge is 2.13. The Bertz CT molecular complexity index is 440. The second-order valence-corrected chi connectivity index (χ2v) is 5.67. The molecule has 0 spiro atoms. The van der Waals surface area contributed by atoms with Crippen molar-refractivity contribution in [3.8, 4) is 0 Å². The third kappa shape index (κ3) is 3.74. The quantitative estimate of drug-likeness (QED) is 0.789. The first-order valence-electron chi connectivity index (χ1n) is 6.45. The number of hydrogen-bond acceptors (Lipinski definition) is 1. The van der Waals surface area contributed by atoms with E-state index in [1.165, 1.54) is 18.4 Å². The minimum atomic E-state index is -0.370. The summed E-state index contributed by atoms with van der Waals surface area (Å²) in [4.78, 5) is 0. The van der Waals surface area contributed by atoms with Gasteiger partial charge in [0, 0.05) is 6.42 Å². The lowest BCUT2D eigenvalue weighted by atomic mass is 9.93. The molecule has 1 aromatic rings. The van der Waals surface area contributed by atoms with Crippen LogP contribution in [0.5, 0.6) is 0 Å². The lowest BCUT2D eigenvalue weighted by Crippen LogP contribution is -2.12. The highest BCUT2D eigenvalue weighted by molar-refractivity contribution is 6.42. The zero-order valence-corrected chi connectivity index (χ0v) is 11.8. The Labute approximate surface area is 118 Å². The lowest BCUT2D eigenvalue weighted by Gasteiger charge is -2.17. The van der Waals surface area contributed by atoms with Crippen LogP contribution < -0.4 is 0 Å². The number of allylic oxidation sites excluding steroid dienone is 1. The van der Waals surface area contributed by atoms with Crippen LogP contribution in [-0.4, -0.2) is 11.2 Å². The molecule has 0 amide bonds. The van der Waals surface area contributed by atoms with Crippen LogP contribution in [0.4, 0.5) is 0 Å². The highest BCUT2D eigenvalue weighted by Crippen LogP contribution is 2.28. The van der Waals surface area contributed by atoms with Gasteiger partial charge < -0.3 is 5.11 Å². The number of halogens is 2. The molecule has 1 N–H and O–H groups in total. The van der Waals surface area contributed by atoms with Gasteiger partial charge in [-0.3, -0.25) is 0 Å². The molecular formula is C15H18Cl2O. The van der Waals surface area contributed by atoms with Crippen LogP contribution in [0.15, 0.2) is 29.8 Å². The van der Waals surface area contributed by atoms with Crippen molar-refractivity contribution in [2.75, 3.05) is 0 Å². The molecule has 1 atom stereocenters. The van der Waals surface area contributed by atoms with Crippen molar-refractivity contribution in [3.05, 3.63) is 45.5 Å². The van der Waals surface area contributed by atoms with Crippen molar-refractivity contribution in [2.24, 2.45) is 0 Å². The molecule has 18 heavy (non-hydrogen) atoms. The Balaban J connectivity index is 1.96. The molecule has 1 nitrogen and oxygen atoms in total. The number of hydrogen-bond donors (Lipinski definition) is 1. The van der Waals surface area contributed by atoms with Crippen LogP contribution >= 0.6 is 23.2 Å². The molecule has 3 heteroatoms. The Hall–Kier alpha value is -0.500. The largest absolute Gasteiger partial charge is 0.392 e. The SMILES string of the molecule is OC(CC1=CCCCC1)Cc1cccc(Cl)c1Cl. The summed E-state index contributed by atoms with van der Waals surface area (Å²) in [5.41, 5.74) is 2.31. The predicted molar refractivity (Wildman–Crippen MR) is 77.3 cm³/mol. The van der Waals surface area contributed by atoms with Gasteiger partial charge in [-0.25, -0.2) is 0 Å². The minimum absolute atomic E-state index is 0.370. The Morgan fingerprint density at radius 1 is 1.17 bits per heavy atom. The fourth-order valence-electron chi connectivity index (χ4n) is 2.42. The molecule has 1 aliphatic carbocycles. The van der Waals surface area contributed by atoms with Gasteiger partial charge in [0.1, 0.15) is 0 Å². The average Bonchev–Trinajstić information content (AvgIpc) is 2.36. The van der Waals surface area contributed by atoms with Gasteiger partial charge in [0.25, 0.3) is 0 Å². The summed E-state index contributed by atoms with van der Waals surface area (Å²) in [5, 5.41) is 11.2. The molecule has 0 radical (unpaired) electrons. The molecule has 1 unspecified atom stereocenters. The first-order chi connectivity index (χ1) is 8.66. The van der Waals surface area contributed by atoms with Crippen LogP contribution in [0.1, 0.15) is 37.7 Å². The maximum absolute atomic E-state index is 10.1. The van der Waals surface area contributed by atoms with Crippen LogP contribution in [0, 0.1) is 0 Å². The van der Waals surface area contributed by atoms with Gasteiger partial charge >= 0.3 is 0 Å². The summed E-state index contributed by atoms with van der Waals surface area (Å²) in [6.45, 7) is 0. The van der Waals surface area contributed by atoms with Crippen molar-refractivity contribution >= 4 is 23.2 Å². The molecule has 1 aliphatic rings. The lowest BCUT2D eigenvalue weighted by molar-refractivity contribution is 0.173. The fourth-order valence-corrected chi connectivity index (χ4v) is 2.82. The van der Waals surface area contributed by atoms with E-state index in [0.717, 1.165) is 24.8 Å². The van der Waals surface area contributed by atoms with E-state index in [4.69, 9.17) is 23.2 Å². The van der Waals surface area contributed by atoms with Gasteiger partial charge in [0.05, 0.1) is 16.1 Å². The zero-order chi connectivity index (χ0) is 13.0. The zero-order valence-electron chi connectivity index (χ0n) is 10.3. The van der Waals surface area contributed by atoms with Crippen molar-refractivity contribution in [1.29, 1.82) is 0 Å². The van der Waals surface area contributed by atoms with E-state index in [1.54, 1.807) is 6.07 Å². The van der Waals surface area contributed by atoms with E-state index in [0.29, 0.717) is 16.5 Å². The Morgan fingerprint density at radius 3 is 2.72 bits per heavy atom. The van der Waals surface area contributed by atoms with Crippen molar-refractivity contribution < 1.29 is 5.11 Å². The van der Waals surface area contributed by atoms with E-state index in [-0.39, 0.29) is 6.10 Å². The Kier molecular flexibility index (Phi) is 5.11. The van der Waals surface area contributed by atoms with Crippen LogP contribution in [0.25, 0.3) is 0 Å². The summed E-state index contributed by atoms with van der Waals surface area (Å²) in [6.07, 6.45) is 8.02. The first-order valence-corrected chi connectivity index (χ1v) is 7.21.